The van der Waals surface area contributed by atoms with Crippen molar-refractivity contribution >= 4 is 11.0 Å². The van der Waals surface area contributed by atoms with Gasteiger partial charge in [0.15, 0.2) is 0 Å². The maximum Gasteiger partial charge on any atom is 0.0911 e. The van der Waals surface area contributed by atoms with E-state index >= 15 is 0 Å². The third-order valence-electron chi connectivity index (χ3n) is 2.34. The second kappa shape index (κ2) is 3.65. The van der Waals surface area contributed by atoms with E-state index < -0.39 is 11.0 Å². The Morgan fingerprint density at radius 2 is 2.27 bits per heavy atom. The molecule has 0 amide bonds. The molecule has 0 aromatic heterocycles. The van der Waals surface area contributed by atoms with Crippen LogP contribution in [-0.2, 0) is 11.0 Å². The van der Waals surface area contributed by atoms with E-state index in [9.17, 15) is 4.21 Å². The van der Waals surface area contributed by atoms with Gasteiger partial charge in [-0.05, 0) is 12.3 Å². The van der Waals surface area contributed by atoms with Crippen LogP contribution in [0.3, 0.4) is 0 Å². The fourth-order valence-electron chi connectivity index (χ4n) is 1.30. The molecule has 0 saturated carbocycles. The SMILES string of the molecule is CC1CCN(S(C)=O)CC1N. The number of hydrogen-bond acceptors (Lipinski definition) is 2. The summed E-state index contributed by atoms with van der Waals surface area (Å²) < 4.78 is 13.0. The normalized spacial score (nSPS) is 37.0. The monoisotopic (exact) mass is 176 g/mol. The molecule has 1 rings (SSSR count). The molecule has 0 bridgehead atoms. The van der Waals surface area contributed by atoms with Crippen LogP contribution in [0, 0.1) is 5.92 Å². The summed E-state index contributed by atoms with van der Waals surface area (Å²) in [4.78, 5) is 0. The number of piperidine rings is 1. The van der Waals surface area contributed by atoms with Crippen LogP contribution in [0.25, 0.3) is 0 Å². The van der Waals surface area contributed by atoms with E-state index in [4.69, 9.17) is 5.73 Å². The Morgan fingerprint density at radius 1 is 1.64 bits per heavy atom. The summed E-state index contributed by atoms with van der Waals surface area (Å²) in [5.74, 6) is 0.579. The molecule has 0 aliphatic carbocycles. The summed E-state index contributed by atoms with van der Waals surface area (Å²) in [6.45, 7) is 3.86. The molecular formula is C7H16N2OS. The second-order valence-electron chi connectivity index (χ2n) is 3.24. The van der Waals surface area contributed by atoms with E-state index in [2.05, 4.69) is 6.92 Å². The molecular weight excluding hydrogens is 160 g/mol. The summed E-state index contributed by atoms with van der Waals surface area (Å²) in [7, 11) is -0.834. The Balaban J connectivity index is 2.46. The highest BCUT2D eigenvalue weighted by atomic mass is 32.2. The summed E-state index contributed by atoms with van der Waals surface area (Å²) in [5.41, 5.74) is 5.83. The Bertz CT molecular complexity index is 163. The topological polar surface area (TPSA) is 46.3 Å². The van der Waals surface area contributed by atoms with E-state index in [1.54, 1.807) is 6.26 Å². The highest BCUT2D eigenvalue weighted by Gasteiger charge is 2.24. The Labute approximate surface area is 70.5 Å². The van der Waals surface area contributed by atoms with Crippen molar-refractivity contribution in [2.75, 3.05) is 19.3 Å². The minimum Gasteiger partial charge on any atom is -0.326 e. The van der Waals surface area contributed by atoms with Crippen molar-refractivity contribution in [2.45, 2.75) is 19.4 Å². The zero-order valence-corrected chi connectivity index (χ0v) is 7.93. The maximum absolute atomic E-state index is 11.0. The van der Waals surface area contributed by atoms with Crippen LogP contribution in [0.15, 0.2) is 0 Å². The molecule has 1 saturated heterocycles. The van der Waals surface area contributed by atoms with Crippen LogP contribution in [0.5, 0.6) is 0 Å². The molecule has 2 N–H and O–H groups in total. The summed E-state index contributed by atoms with van der Waals surface area (Å²) >= 11 is 0. The van der Waals surface area contributed by atoms with Crippen molar-refractivity contribution in [3.05, 3.63) is 0 Å². The molecule has 3 unspecified atom stereocenters. The highest BCUT2D eigenvalue weighted by molar-refractivity contribution is 7.81. The fourth-order valence-corrected chi connectivity index (χ4v) is 2.05. The molecule has 0 aromatic carbocycles. The van der Waals surface area contributed by atoms with Gasteiger partial charge in [-0.1, -0.05) is 6.92 Å². The Kier molecular flexibility index (Phi) is 3.04. The largest absolute Gasteiger partial charge is 0.326 e. The Morgan fingerprint density at radius 3 is 2.73 bits per heavy atom. The lowest BCUT2D eigenvalue weighted by Crippen LogP contribution is -2.47. The standard InChI is InChI=1S/C7H16N2OS/c1-6-3-4-9(11(2)10)5-7(6)8/h6-7H,3-5,8H2,1-2H3. The first-order valence-corrected chi connectivity index (χ1v) is 5.47. The first-order valence-electron chi connectivity index (χ1n) is 3.95. The molecule has 3 atom stereocenters. The first-order chi connectivity index (χ1) is 5.11. The number of rotatable bonds is 1. The van der Waals surface area contributed by atoms with E-state index in [0.29, 0.717) is 5.92 Å². The van der Waals surface area contributed by atoms with Gasteiger partial charge in [-0.3, -0.25) is 0 Å². The van der Waals surface area contributed by atoms with Gasteiger partial charge in [-0.15, -0.1) is 0 Å². The highest BCUT2D eigenvalue weighted by Crippen LogP contribution is 2.15. The van der Waals surface area contributed by atoms with Crippen molar-refractivity contribution in [3.63, 3.8) is 0 Å². The molecule has 0 aromatic rings. The lowest BCUT2D eigenvalue weighted by molar-refractivity contribution is 0.262. The fraction of sp³-hybridized carbons (Fsp3) is 1.00. The molecule has 0 spiro atoms. The molecule has 1 fully saturated rings. The maximum atomic E-state index is 11.0. The van der Waals surface area contributed by atoms with Gasteiger partial charge in [0.1, 0.15) is 0 Å². The van der Waals surface area contributed by atoms with Gasteiger partial charge in [0, 0.05) is 25.4 Å². The molecule has 1 aliphatic heterocycles. The van der Waals surface area contributed by atoms with Crippen molar-refractivity contribution in [3.8, 4) is 0 Å². The average molecular weight is 176 g/mol. The number of hydrogen-bond donors (Lipinski definition) is 1. The molecule has 1 aliphatic rings. The van der Waals surface area contributed by atoms with Crippen LogP contribution >= 0.6 is 0 Å². The summed E-state index contributed by atoms with van der Waals surface area (Å²) in [6.07, 6.45) is 2.78. The predicted molar refractivity (Wildman–Crippen MR) is 47.4 cm³/mol. The van der Waals surface area contributed by atoms with E-state index in [1.165, 1.54) is 0 Å². The average Bonchev–Trinajstić information content (AvgIpc) is 1.94. The molecule has 11 heavy (non-hydrogen) atoms. The van der Waals surface area contributed by atoms with Crippen molar-refractivity contribution in [2.24, 2.45) is 11.7 Å². The van der Waals surface area contributed by atoms with Gasteiger partial charge in [0.2, 0.25) is 0 Å². The third-order valence-corrected chi connectivity index (χ3v) is 3.40. The lowest BCUT2D eigenvalue weighted by Gasteiger charge is -2.32. The molecule has 1 heterocycles. The van der Waals surface area contributed by atoms with Gasteiger partial charge in [-0.25, -0.2) is 8.51 Å². The zero-order valence-electron chi connectivity index (χ0n) is 7.12. The molecule has 66 valence electrons. The molecule has 4 heteroatoms. The van der Waals surface area contributed by atoms with Crippen molar-refractivity contribution in [1.82, 2.24) is 4.31 Å². The first kappa shape index (κ1) is 9.16. The predicted octanol–water partition coefficient (Wildman–Crippen LogP) is -0.0510. The molecule has 0 radical (unpaired) electrons. The van der Waals surface area contributed by atoms with Crippen LogP contribution < -0.4 is 5.73 Å². The number of nitrogens with two attached hydrogens (primary N) is 1. The number of nitrogens with zero attached hydrogens (tertiary/aromatic N) is 1. The van der Waals surface area contributed by atoms with E-state index in [1.807, 2.05) is 4.31 Å². The Hall–Kier alpha value is 0.0700. The quantitative estimate of drug-likeness (QED) is 0.609. The van der Waals surface area contributed by atoms with Crippen LogP contribution in [-0.4, -0.2) is 33.9 Å². The van der Waals surface area contributed by atoms with Gasteiger partial charge in [0.25, 0.3) is 0 Å². The minimum absolute atomic E-state index is 0.202. The zero-order chi connectivity index (χ0) is 8.43. The molecule has 3 nitrogen and oxygen atoms in total. The smallest absolute Gasteiger partial charge is 0.0911 e. The van der Waals surface area contributed by atoms with Gasteiger partial charge >= 0.3 is 0 Å². The van der Waals surface area contributed by atoms with Gasteiger partial charge < -0.3 is 5.73 Å². The van der Waals surface area contributed by atoms with E-state index in [-0.39, 0.29) is 6.04 Å². The second-order valence-corrected chi connectivity index (χ2v) is 4.61. The lowest BCUT2D eigenvalue weighted by atomic mass is 9.96. The van der Waals surface area contributed by atoms with Gasteiger partial charge in [-0.2, -0.15) is 0 Å². The van der Waals surface area contributed by atoms with Crippen LogP contribution in [0.1, 0.15) is 13.3 Å². The summed E-state index contributed by atoms with van der Waals surface area (Å²) in [6, 6.07) is 0.202. The third kappa shape index (κ3) is 2.25. The van der Waals surface area contributed by atoms with Crippen LogP contribution in [0.2, 0.25) is 0 Å². The van der Waals surface area contributed by atoms with Crippen molar-refractivity contribution < 1.29 is 4.21 Å². The van der Waals surface area contributed by atoms with E-state index in [0.717, 1.165) is 19.5 Å². The van der Waals surface area contributed by atoms with Gasteiger partial charge in [0.05, 0.1) is 11.0 Å². The minimum atomic E-state index is -0.834. The van der Waals surface area contributed by atoms with Crippen molar-refractivity contribution in [1.29, 1.82) is 0 Å². The van der Waals surface area contributed by atoms with Crippen LogP contribution in [0.4, 0.5) is 0 Å². The summed E-state index contributed by atoms with van der Waals surface area (Å²) in [5, 5.41) is 0.